The third-order valence-corrected chi connectivity index (χ3v) is 6.00. The van der Waals surface area contributed by atoms with Gasteiger partial charge in [0.2, 0.25) is 0 Å². The Balaban J connectivity index is 1.64. The molecule has 0 bridgehead atoms. The molecule has 31 heavy (non-hydrogen) atoms. The molecule has 3 aromatic carbocycles. The highest BCUT2D eigenvalue weighted by molar-refractivity contribution is 6.20. The van der Waals surface area contributed by atoms with Crippen molar-refractivity contribution in [2.24, 2.45) is 0 Å². The summed E-state index contributed by atoms with van der Waals surface area (Å²) < 4.78 is 5.40. The van der Waals surface area contributed by atoms with Crippen molar-refractivity contribution >= 4 is 22.9 Å². The minimum absolute atomic E-state index is 0.165. The summed E-state index contributed by atoms with van der Waals surface area (Å²) in [4.78, 5) is 28.9. The molecule has 1 aliphatic heterocycles. The van der Waals surface area contributed by atoms with Crippen LogP contribution in [-0.2, 0) is 4.74 Å². The Morgan fingerprint density at radius 1 is 0.774 bits per heavy atom. The summed E-state index contributed by atoms with van der Waals surface area (Å²) >= 11 is 0. The number of anilines is 2. The molecule has 5 heteroatoms. The highest BCUT2D eigenvalue weighted by Gasteiger charge is 2.21. The molecule has 0 aliphatic carbocycles. The largest absolute Gasteiger partial charge is 0.399 e. The summed E-state index contributed by atoms with van der Waals surface area (Å²) in [5.41, 5.74) is 11.3. The molecule has 0 spiro atoms. The smallest absolute Gasteiger partial charge is 0.194 e. The van der Waals surface area contributed by atoms with E-state index in [1.54, 1.807) is 36.4 Å². The lowest BCUT2D eigenvalue weighted by Gasteiger charge is -2.28. The average molecular weight is 415 g/mol. The van der Waals surface area contributed by atoms with Crippen molar-refractivity contribution < 1.29 is 14.3 Å². The maximum Gasteiger partial charge on any atom is 0.194 e. The molecule has 4 rings (SSSR count). The Morgan fingerprint density at radius 3 is 2.03 bits per heavy atom. The summed E-state index contributed by atoms with van der Waals surface area (Å²) in [6.07, 6.45) is 0. The van der Waals surface area contributed by atoms with E-state index in [0.29, 0.717) is 41.2 Å². The fourth-order valence-corrected chi connectivity index (χ4v) is 3.91. The van der Waals surface area contributed by atoms with E-state index < -0.39 is 0 Å². The zero-order valence-corrected chi connectivity index (χ0v) is 17.9. The van der Waals surface area contributed by atoms with Crippen LogP contribution in [0.25, 0.3) is 0 Å². The van der Waals surface area contributed by atoms with Crippen LogP contribution in [0.3, 0.4) is 0 Å². The number of carbonyl (C=O) groups is 2. The third kappa shape index (κ3) is 4.09. The molecular weight excluding hydrogens is 388 g/mol. The van der Waals surface area contributed by atoms with E-state index in [1.165, 1.54) is 0 Å². The van der Waals surface area contributed by atoms with Crippen LogP contribution >= 0.6 is 0 Å². The van der Waals surface area contributed by atoms with Gasteiger partial charge in [0.15, 0.2) is 11.6 Å². The van der Waals surface area contributed by atoms with Gasteiger partial charge in [-0.05, 0) is 61.4 Å². The first-order chi connectivity index (χ1) is 15.0. The molecule has 5 nitrogen and oxygen atoms in total. The highest BCUT2D eigenvalue weighted by atomic mass is 16.5. The van der Waals surface area contributed by atoms with Crippen molar-refractivity contribution in [1.82, 2.24) is 0 Å². The fourth-order valence-electron chi connectivity index (χ4n) is 3.91. The van der Waals surface area contributed by atoms with E-state index in [2.05, 4.69) is 4.90 Å². The Kier molecular flexibility index (Phi) is 5.87. The number of nitrogen functional groups attached to an aromatic ring is 1. The molecule has 0 saturated carbocycles. The lowest BCUT2D eigenvalue weighted by Crippen LogP contribution is -2.36. The predicted molar refractivity (Wildman–Crippen MR) is 123 cm³/mol. The van der Waals surface area contributed by atoms with Crippen LogP contribution in [0.1, 0.15) is 43.0 Å². The summed E-state index contributed by atoms with van der Waals surface area (Å²) in [7, 11) is 0. The number of morpholine rings is 1. The van der Waals surface area contributed by atoms with E-state index in [4.69, 9.17) is 10.5 Å². The van der Waals surface area contributed by atoms with Crippen LogP contribution in [0.4, 0.5) is 11.4 Å². The number of ether oxygens (including phenoxy) is 1. The molecule has 2 N–H and O–H groups in total. The maximum atomic E-state index is 13.3. The summed E-state index contributed by atoms with van der Waals surface area (Å²) in [5, 5.41) is 0. The first kappa shape index (κ1) is 20.8. The van der Waals surface area contributed by atoms with Gasteiger partial charge in [0, 0.05) is 46.7 Å². The summed E-state index contributed by atoms with van der Waals surface area (Å²) in [6, 6.07) is 18.0. The van der Waals surface area contributed by atoms with Gasteiger partial charge in [-0.2, -0.15) is 0 Å². The van der Waals surface area contributed by atoms with Gasteiger partial charge in [-0.3, -0.25) is 9.59 Å². The number of hydrogen-bond donors (Lipinski definition) is 1. The molecule has 3 aromatic rings. The van der Waals surface area contributed by atoms with Crippen LogP contribution in [0.15, 0.2) is 60.7 Å². The molecule has 0 amide bonds. The lowest BCUT2D eigenvalue weighted by atomic mass is 9.90. The average Bonchev–Trinajstić information content (AvgIpc) is 2.82. The van der Waals surface area contributed by atoms with Gasteiger partial charge in [0.05, 0.1) is 13.2 Å². The monoisotopic (exact) mass is 414 g/mol. The second kappa shape index (κ2) is 8.74. The standard InChI is InChI=1S/C26H26N2O3/c1-17-18(2)24(27)12-11-21(17)26(30)23-6-4-3-5-22(23)25(29)19-7-9-20(10-8-19)28-13-15-31-16-14-28/h3-12H,13-16,27H2,1-2H3. The molecule has 0 atom stereocenters. The second-order valence-corrected chi connectivity index (χ2v) is 7.80. The minimum atomic E-state index is -0.172. The van der Waals surface area contributed by atoms with Crippen molar-refractivity contribution in [3.63, 3.8) is 0 Å². The molecule has 0 aromatic heterocycles. The Bertz CT molecular complexity index is 1130. The number of hydrogen-bond acceptors (Lipinski definition) is 5. The molecule has 158 valence electrons. The first-order valence-electron chi connectivity index (χ1n) is 10.4. The van der Waals surface area contributed by atoms with E-state index in [-0.39, 0.29) is 11.6 Å². The van der Waals surface area contributed by atoms with Crippen LogP contribution in [0, 0.1) is 13.8 Å². The minimum Gasteiger partial charge on any atom is -0.399 e. The molecule has 1 heterocycles. The van der Waals surface area contributed by atoms with Crippen molar-refractivity contribution in [3.8, 4) is 0 Å². The highest BCUT2D eigenvalue weighted by Crippen LogP contribution is 2.25. The van der Waals surface area contributed by atoms with E-state index in [9.17, 15) is 9.59 Å². The second-order valence-electron chi connectivity index (χ2n) is 7.80. The quantitative estimate of drug-likeness (QED) is 0.501. The third-order valence-electron chi connectivity index (χ3n) is 6.00. The number of ketones is 2. The zero-order chi connectivity index (χ0) is 22.0. The number of rotatable bonds is 5. The number of nitrogens with zero attached hydrogens (tertiary/aromatic N) is 1. The van der Waals surface area contributed by atoms with Gasteiger partial charge in [-0.25, -0.2) is 0 Å². The topological polar surface area (TPSA) is 72.6 Å². The molecular formula is C26H26N2O3. The van der Waals surface area contributed by atoms with Crippen molar-refractivity contribution in [2.75, 3.05) is 36.9 Å². The summed E-state index contributed by atoms with van der Waals surface area (Å²) in [6.45, 7) is 6.87. The van der Waals surface area contributed by atoms with Crippen LogP contribution in [0.2, 0.25) is 0 Å². The number of nitrogens with two attached hydrogens (primary N) is 1. The van der Waals surface area contributed by atoms with Gasteiger partial charge in [-0.1, -0.05) is 24.3 Å². The van der Waals surface area contributed by atoms with Crippen molar-refractivity contribution in [1.29, 1.82) is 0 Å². The maximum absolute atomic E-state index is 13.3. The molecule has 0 unspecified atom stereocenters. The Morgan fingerprint density at radius 2 is 1.39 bits per heavy atom. The van der Waals surface area contributed by atoms with E-state index in [0.717, 1.165) is 29.9 Å². The summed E-state index contributed by atoms with van der Waals surface area (Å²) in [5.74, 6) is -0.336. The molecule has 1 aliphatic rings. The predicted octanol–water partition coefficient (Wildman–Crippen LogP) is 4.18. The van der Waals surface area contributed by atoms with Gasteiger partial charge in [0.1, 0.15) is 0 Å². The molecule has 1 fully saturated rings. The van der Waals surface area contributed by atoms with Gasteiger partial charge >= 0.3 is 0 Å². The lowest BCUT2D eigenvalue weighted by molar-refractivity contribution is 0.100. The molecule has 1 saturated heterocycles. The van der Waals surface area contributed by atoms with Crippen LogP contribution in [0.5, 0.6) is 0 Å². The van der Waals surface area contributed by atoms with Crippen molar-refractivity contribution in [3.05, 3.63) is 94.0 Å². The van der Waals surface area contributed by atoms with Gasteiger partial charge in [0.25, 0.3) is 0 Å². The SMILES string of the molecule is Cc1c(N)ccc(C(=O)c2ccccc2C(=O)c2ccc(N3CCOCC3)cc2)c1C. The fraction of sp³-hybridized carbons (Fsp3) is 0.231. The van der Waals surface area contributed by atoms with E-state index in [1.807, 2.05) is 38.1 Å². The van der Waals surface area contributed by atoms with Gasteiger partial charge < -0.3 is 15.4 Å². The van der Waals surface area contributed by atoms with Crippen LogP contribution in [-0.4, -0.2) is 37.9 Å². The Labute approximate surface area is 182 Å². The normalized spacial score (nSPS) is 13.8. The van der Waals surface area contributed by atoms with E-state index >= 15 is 0 Å². The van der Waals surface area contributed by atoms with Crippen molar-refractivity contribution in [2.45, 2.75) is 13.8 Å². The van der Waals surface area contributed by atoms with Crippen LogP contribution < -0.4 is 10.6 Å². The Hall–Kier alpha value is -3.44. The molecule has 0 radical (unpaired) electrons. The number of benzene rings is 3. The van der Waals surface area contributed by atoms with Gasteiger partial charge in [-0.15, -0.1) is 0 Å². The zero-order valence-electron chi connectivity index (χ0n) is 17.9. The number of carbonyl (C=O) groups excluding carboxylic acids is 2. The first-order valence-corrected chi connectivity index (χ1v) is 10.4.